The van der Waals surface area contributed by atoms with E-state index in [9.17, 15) is 5.11 Å². The van der Waals surface area contributed by atoms with Crippen LogP contribution < -0.4 is 0 Å². The average molecular weight is 273 g/mol. The first-order chi connectivity index (χ1) is 9.15. The number of benzene rings is 2. The summed E-state index contributed by atoms with van der Waals surface area (Å²) in [6.45, 7) is 2.01. The lowest BCUT2D eigenvalue weighted by molar-refractivity contribution is 0.192. The van der Waals surface area contributed by atoms with Crippen molar-refractivity contribution >= 4 is 22.6 Å². The summed E-state index contributed by atoms with van der Waals surface area (Å²) < 4.78 is 5.66. The molecule has 0 spiro atoms. The highest BCUT2D eigenvalue weighted by molar-refractivity contribution is 6.34. The van der Waals surface area contributed by atoms with E-state index in [1.807, 2.05) is 49.4 Å². The molecule has 0 fully saturated rings. The van der Waals surface area contributed by atoms with Crippen LogP contribution in [0.5, 0.6) is 0 Å². The van der Waals surface area contributed by atoms with E-state index in [0.29, 0.717) is 16.4 Å². The number of fused-ring (bicyclic) bond motifs is 1. The minimum Gasteiger partial charge on any atom is -0.456 e. The Labute approximate surface area is 116 Å². The van der Waals surface area contributed by atoms with Crippen molar-refractivity contribution in [2.24, 2.45) is 0 Å². The molecule has 0 amide bonds. The molecule has 1 aromatic heterocycles. The Morgan fingerprint density at radius 2 is 1.84 bits per heavy atom. The van der Waals surface area contributed by atoms with Gasteiger partial charge in [0.2, 0.25) is 0 Å². The lowest BCUT2D eigenvalue weighted by Gasteiger charge is -2.07. The zero-order valence-electron chi connectivity index (χ0n) is 10.4. The van der Waals surface area contributed by atoms with Crippen molar-refractivity contribution in [2.75, 3.05) is 0 Å². The summed E-state index contributed by atoms with van der Waals surface area (Å²) >= 11 is 6.07. The zero-order valence-corrected chi connectivity index (χ0v) is 11.2. The van der Waals surface area contributed by atoms with Gasteiger partial charge in [-0.05, 0) is 24.6 Å². The molecule has 0 radical (unpaired) electrons. The average Bonchev–Trinajstić information content (AvgIpc) is 2.84. The van der Waals surface area contributed by atoms with Crippen molar-refractivity contribution in [1.29, 1.82) is 0 Å². The minimum atomic E-state index is -0.774. The Morgan fingerprint density at radius 1 is 1.11 bits per heavy atom. The van der Waals surface area contributed by atoms with Gasteiger partial charge in [0.05, 0.1) is 5.02 Å². The van der Waals surface area contributed by atoms with E-state index in [-0.39, 0.29) is 0 Å². The van der Waals surface area contributed by atoms with Crippen molar-refractivity contribution in [3.05, 3.63) is 70.4 Å². The van der Waals surface area contributed by atoms with Gasteiger partial charge in [0, 0.05) is 5.39 Å². The third-order valence-corrected chi connectivity index (χ3v) is 3.48. The zero-order chi connectivity index (χ0) is 13.4. The fourth-order valence-electron chi connectivity index (χ4n) is 2.10. The number of furan rings is 1. The van der Waals surface area contributed by atoms with Gasteiger partial charge >= 0.3 is 0 Å². The van der Waals surface area contributed by atoms with Gasteiger partial charge in [-0.2, -0.15) is 0 Å². The Bertz CT molecular complexity index is 713. The molecule has 0 saturated heterocycles. The van der Waals surface area contributed by atoms with E-state index in [1.165, 1.54) is 0 Å². The number of para-hydroxylation sites is 1. The van der Waals surface area contributed by atoms with E-state index < -0.39 is 6.10 Å². The van der Waals surface area contributed by atoms with Crippen LogP contribution in [0.4, 0.5) is 0 Å². The van der Waals surface area contributed by atoms with Gasteiger partial charge in [-0.25, -0.2) is 0 Å². The van der Waals surface area contributed by atoms with E-state index in [0.717, 1.165) is 16.5 Å². The SMILES string of the molecule is Cc1ccc(C(O)c2cc3cccc(Cl)c3o2)cc1. The Balaban J connectivity index is 2.04. The minimum absolute atomic E-state index is 0.506. The lowest BCUT2D eigenvalue weighted by atomic mass is 10.1. The van der Waals surface area contributed by atoms with Crippen molar-refractivity contribution in [1.82, 2.24) is 0 Å². The molecule has 1 N–H and O–H groups in total. The summed E-state index contributed by atoms with van der Waals surface area (Å²) in [5.74, 6) is 0.506. The highest BCUT2D eigenvalue weighted by Gasteiger charge is 2.16. The van der Waals surface area contributed by atoms with Crippen molar-refractivity contribution < 1.29 is 9.52 Å². The van der Waals surface area contributed by atoms with Crippen molar-refractivity contribution in [3.63, 3.8) is 0 Å². The van der Waals surface area contributed by atoms with Crippen molar-refractivity contribution in [2.45, 2.75) is 13.0 Å². The van der Waals surface area contributed by atoms with Gasteiger partial charge in [-0.3, -0.25) is 0 Å². The van der Waals surface area contributed by atoms with Crippen LogP contribution in [0.2, 0.25) is 5.02 Å². The van der Waals surface area contributed by atoms with Gasteiger partial charge in [-0.15, -0.1) is 0 Å². The maximum atomic E-state index is 10.3. The Kier molecular flexibility index (Phi) is 3.05. The number of hydrogen-bond acceptors (Lipinski definition) is 2. The molecule has 96 valence electrons. The van der Waals surface area contributed by atoms with Gasteiger partial charge in [0.15, 0.2) is 5.58 Å². The third kappa shape index (κ3) is 2.25. The summed E-state index contributed by atoms with van der Waals surface area (Å²) in [6, 6.07) is 15.1. The molecule has 0 saturated carbocycles. The fraction of sp³-hybridized carbons (Fsp3) is 0.125. The normalized spacial score (nSPS) is 12.8. The number of aliphatic hydroxyl groups is 1. The predicted octanol–water partition coefficient (Wildman–Crippen LogP) is 4.48. The smallest absolute Gasteiger partial charge is 0.153 e. The number of hydrogen-bond donors (Lipinski definition) is 1. The molecule has 0 aliphatic carbocycles. The molecule has 2 aromatic carbocycles. The van der Waals surface area contributed by atoms with Crippen LogP contribution in [-0.2, 0) is 0 Å². The Hall–Kier alpha value is -1.77. The quantitative estimate of drug-likeness (QED) is 0.746. The maximum absolute atomic E-state index is 10.3. The largest absolute Gasteiger partial charge is 0.456 e. The van der Waals surface area contributed by atoms with E-state index in [2.05, 4.69) is 0 Å². The van der Waals surface area contributed by atoms with E-state index in [4.69, 9.17) is 16.0 Å². The summed E-state index contributed by atoms with van der Waals surface area (Å²) in [5, 5.41) is 11.8. The third-order valence-electron chi connectivity index (χ3n) is 3.18. The second kappa shape index (κ2) is 4.72. The fourth-order valence-corrected chi connectivity index (χ4v) is 2.32. The van der Waals surface area contributed by atoms with Gasteiger partial charge < -0.3 is 9.52 Å². The number of aryl methyl sites for hydroxylation is 1. The highest BCUT2D eigenvalue weighted by Crippen LogP contribution is 2.31. The van der Waals surface area contributed by atoms with Gasteiger partial charge in [0.25, 0.3) is 0 Å². The molecule has 1 atom stereocenters. The predicted molar refractivity (Wildman–Crippen MR) is 76.5 cm³/mol. The first-order valence-corrected chi connectivity index (χ1v) is 6.45. The topological polar surface area (TPSA) is 33.4 Å². The van der Waals surface area contributed by atoms with Gasteiger partial charge in [0.1, 0.15) is 11.9 Å². The molecule has 3 heteroatoms. The summed E-state index contributed by atoms with van der Waals surface area (Å²) in [4.78, 5) is 0. The number of rotatable bonds is 2. The first kappa shape index (κ1) is 12.3. The molecule has 3 rings (SSSR count). The Morgan fingerprint density at radius 3 is 2.53 bits per heavy atom. The second-order valence-electron chi connectivity index (χ2n) is 4.62. The lowest BCUT2D eigenvalue weighted by Crippen LogP contribution is -1.97. The van der Waals surface area contributed by atoms with Crippen LogP contribution >= 0.6 is 11.6 Å². The first-order valence-electron chi connectivity index (χ1n) is 6.08. The van der Waals surface area contributed by atoms with Crippen LogP contribution in [0.15, 0.2) is 52.9 Å². The molecule has 0 aliphatic heterocycles. The number of halogens is 1. The summed E-state index contributed by atoms with van der Waals surface area (Å²) in [6.07, 6.45) is -0.774. The molecule has 19 heavy (non-hydrogen) atoms. The van der Waals surface area contributed by atoms with Crippen LogP contribution in [-0.4, -0.2) is 5.11 Å². The standard InChI is InChI=1S/C16H13ClO2/c1-10-5-7-11(8-6-10)15(18)14-9-12-3-2-4-13(17)16(12)19-14/h2-9,15,18H,1H3. The molecular formula is C16H13ClO2. The molecule has 0 aliphatic rings. The van der Waals surface area contributed by atoms with Crippen LogP contribution in [0, 0.1) is 6.92 Å². The van der Waals surface area contributed by atoms with Crippen LogP contribution in [0.25, 0.3) is 11.0 Å². The molecule has 3 aromatic rings. The summed E-state index contributed by atoms with van der Waals surface area (Å²) in [7, 11) is 0. The van der Waals surface area contributed by atoms with Crippen LogP contribution in [0.1, 0.15) is 23.0 Å². The molecule has 0 bridgehead atoms. The van der Waals surface area contributed by atoms with E-state index >= 15 is 0 Å². The van der Waals surface area contributed by atoms with Gasteiger partial charge in [-0.1, -0.05) is 53.6 Å². The number of aliphatic hydroxyl groups excluding tert-OH is 1. The van der Waals surface area contributed by atoms with Crippen LogP contribution in [0.3, 0.4) is 0 Å². The molecule has 1 unspecified atom stereocenters. The molecular weight excluding hydrogens is 260 g/mol. The van der Waals surface area contributed by atoms with Crippen molar-refractivity contribution in [3.8, 4) is 0 Å². The molecule has 1 heterocycles. The monoisotopic (exact) mass is 272 g/mol. The second-order valence-corrected chi connectivity index (χ2v) is 5.03. The van der Waals surface area contributed by atoms with E-state index in [1.54, 1.807) is 6.07 Å². The summed E-state index contributed by atoms with van der Waals surface area (Å²) in [5.41, 5.74) is 2.58. The highest BCUT2D eigenvalue weighted by atomic mass is 35.5. The maximum Gasteiger partial charge on any atom is 0.153 e. The molecule has 2 nitrogen and oxygen atoms in total.